The number of nitrogens with zero attached hydrogens (tertiary/aromatic N) is 1. The van der Waals surface area contributed by atoms with Crippen LogP contribution in [0.25, 0.3) is 0 Å². The number of carbonyl (C=O) groups is 2. The summed E-state index contributed by atoms with van der Waals surface area (Å²) in [5, 5.41) is 2.52. The molecule has 0 atom stereocenters. The lowest BCUT2D eigenvalue weighted by Crippen LogP contribution is -2.21. The zero-order valence-corrected chi connectivity index (χ0v) is 15.5. The van der Waals surface area contributed by atoms with E-state index >= 15 is 0 Å². The third-order valence-electron chi connectivity index (χ3n) is 3.11. The van der Waals surface area contributed by atoms with E-state index in [9.17, 15) is 18.8 Å². The minimum absolute atomic E-state index is 0.0944. The average molecular weight is 400 g/mol. The Bertz CT molecular complexity index is 904. The summed E-state index contributed by atoms with van der Waals surface area (Å²) < 4.78 is 18.1. The minimum atomic E-state index is -0.637. The van der Waals surface area contributed by atoms with Crippen LogP contribution >= 0.6 is 23.4 Å². The first-order valence-electron chi connectivity index (χ1n) is 7.47. The summed E-state index contributed by atoms with van der Waals surface area (Å²) in [4.78, 5) is 41.8. The number of hydrogen-bond donors (Lipinski definition) is 2. The molecule has 0 radical (unpaired) electrons. The van der Waals surface area contributed by atoms with Gasteiger partial charge < -0.3 is 15.0 Å². The highest BCUT2D eigenvalue weighted by Gasteiger charge is 2.20. The molecule has 1 aromatic heterocycles. The molecule has 2 rings (SSSR count). The fourth-order valence-electron chi connectivity index (χ4n) is 2.01. The molecule has 7 nitrogen and oxygen atoms in total. The highest BCUT2D eigenvalue weighted by molar-refractivity contribution is 8.00. The number of amides is 1. The van der Waals surface area contributed by atoms with E-state index in [0.717, 1.165) is 17.8 Å². The van der Waals surface area contributed by atoms with Crippen molar-refractivity contribution in [1.29, 1.82) is 0 Å². The predicted molar refractivity (Wildman–Crippen MR) is 96.3 cm³/mol. The maximum atomic E-state index is 13.1. The molecule has 1 aromatic carbocycles. The Morgan fingerprint density at radius 1 is 1.42 bits per heavy atom. The average Bonchev–Trinajstić information content (AvgIpc) is 2.56. The molecule has 0 aliphatic heterocycles. The molecule has 0 unspecified atom stereocenters. The highest BCUT2D eigenvalue weighted by Crippen LogP contribution is 2.23. The van der Waals surface area contributed by atoms with E-state index in [0.29, 0.717) is 11.4 Å². The third kappa shape index (κ3) is 5.06. The van der Waals surface area contributed by atoms with Crippen LogP contribution in [0.2, 0.25) is 5.02 Å². The number of esters is 1. The van der Waals surface area contributed by atoms with E-state index in [1.165, 1.54) is 12.1 Å². The van der Waals surface area contributed by atoms with Crippen LogP contribution in [0.4, 0.5) is 10.1 Å². The number of hydrogen-bond acceptors (Lipinski definition) is 6. The molecule has 138 valence electrons. The number of thioether (sulfide) groups is 1. The first-order valence-corrected chi connectivity index (χ1v) is 8.84. The van der Waals surface area contributed by atoms with Gasteiger partial charge in [0.15, 0.2) is 0 Å². The van der Waals surface area contributed by atoms with Crippen molar-refractivity contribution in [2.45, 2.75) is 18.9 Å². The second-order valence-electron chi connectivity index (χ2n) is 5.03. The smallest absolute Gasteiger partial charge is 0.346 e. The number of benzene rings is 1. The molecule has 0 fully saturated rings. The molecule has 10 heteroatoms. The number of rotatable bonds is 6. The molecule has 0 saturated carbocycles. The Hall–Kier alpha value is -2.39. The maximum absolute atomic E-state index is 13.1. The van der Waals surface area contributed by atoms with Crippen LogP contribution in [0.3, 0.4) is 0 Å². The van der Waals surface area contributed by atoms with Crippen LogP contribution in [0.15, 0.2) is 28.0 Å². The number of H-pyrrole nitrogens is 1. The molecule has 0 bridgehead atoms. The Morgan fingerprint density at radius 2 is 2.15 bits per heavy atom. The number of ether oxygens (including phenoxy) is 1. The van der Waals surface area contributed by atoms with Gasteiger partial charge in [0, 0.05) is 11.4 Å². The Balaban J connectivity index is 2.12. The fraction of sp³-hybridized carbons (Fsp3) is 0.250. The highest BCUT2D eigenvalue weighted by atomic mass is 35.5. The Kier molecular flexibility index (Phi) is 6.76. The summed E-state index contributed by atoms with van der Waals surface area (Å²) in [5.74, 6) is -1.80. The summed E-state index contributed by atoms with van der Waals surface area (Å²) in [6.45, 7) is 3.35. The predicted octanol–water partition coefficient (Wildman–Crippen LogP) is 2.78. The lowest BCUT2D eigenvalue weighted by Gasteiger charge is -2.10. The number of nitrogens with one attached hydrogen (secondary N) is 2. The zero-order valence-electron chi connectivity index (χ0n) is 13.9. The van der Waals surface area contributed by atoms with E-state index in [2.05, 4.69) is 15.3 Å². The van der Waals surface area contributed by atoms with Gasteiger partial charge in [0.2, 0.25) is 5.91 Å². The molecule has 0 saturated heterocycles. The first kappa shape index (κ1) is 19.9. The zero-order chi connectivity index (χ0) is 19.3. The van der Waals surface area contributed by atoms with Gasteiger partial charge in [-0.15, -0.1) is 0 Å². The van der Waals surface area contributed by atoms with Crippen LogP contribution in [-0.2, 0) is 9.53 Å². The SMILES string of the molecule is CCOC(=O)c1c(SCC(=O)Nc2ccc(F)c(Cl)c2)nc(=O)[nH]c1C. The van der Waals surface area contributed by atoms with E-state index in [1.54, 1.807) is 13.8 Å². The van der Waals surface area contributed by atoms with E-state index in [-0.39, 0.29) is 28.0 Å². The van der Waals surface area contributed by atoms with Crippen LogP contribution in [-0.4, -0.2) is 34.2 Å². The summed E-state index contributed by atoms with van der Waals surface area (Å²) in [7, 11) is 0. The van der Waals surface area contributed by atoms with E-state index < -0.39 is 23.4 Å². The van der Waals surface area contributed by atoms with E-state index in [4.69, 9.17) is 16.3 Å². The molecule has 0 spiro atoms. The van der Waals surface area contributed by atoms with E-state index in [1.807, 2.05) is 0 Å². The number of aryl methyl sites for hydroxylation is 1. The van der Waals surface area contributed by atoms with Gasteiger partial charge in [-0.1, -0.05) is 23.4 Å². The van der Waals surface area contributed by atoms with Gasteiger partial charge >= 0.3 is 11.7 Å². The second kappa shape index (κ2) is 8.81. The quantitative estimate of drug-likeness (QED) is 0.440. The lowest BCUT2D eigenvalue weighted by molar-refractivity contribution is -0.113. The molecule has 1 heterocycles. The topological polar surface area (TPSA) is 101 Å². The lowest BCUT2D eigenvalue weighted by atomic mass is 10.2. The molecular formula is C16H15ClFN3O4S. The normalized spacial score (nSPS) is 10.5. The summed E-state index contributed by atoms with van der Waals surface area (Å²) in [6.07, 6.45) is 0. The monoisotopic (exact) mass is 399 g/mol. The maximum Gasteiger partial charge on any atom is 0.346 e. The van der Waals surface area contributed by atoms with Crippen molar-refractivity contribution >= 4 is 40.9 Å². The van der Waals surface area contributed by atoms with Gasteiger partial charge in [0.25, 0.3) is 0 Å². The standard InChI is InChI=1S/C16H15ClFN3O4S/c1-3-25-15(23)13-8(2)19-16(24)21-14(13)26-7-12(22)20-9-4-5-11(18)10(17)6-9/h4-6H,3,7H2,1-2H3,(H,20,22)(H,19,21,24). The van der Waals surface area contributed by atoms with Gasteiger partial charge in [-0.3, -0.25) is 4.79 Å². The number of aromatic nitrogens is 2. The van der Waals surface area contributed by atoms with Gasteiger partial charge in [-0.2, -0.15) is 4.98 Å². The Labute approximate surface area is 157 Å². The van der Waals surface area contributed by atoms with Crippen molar-refractivity contribution in [3.63, 3.8) is 0 Å². The molecular weight excluding hydrogens is 385 g/mol. The van der Waals surface area contributed by atoms with Crippen LogP contribution in [0, 0.1) is 12.7 Å². The van der Waals surface area contributed by atoms with Crippen molar-refractivity contribution < 1.29 is 18.7 Å². The first-order chi connectivity index (χ1) is 12.3. The van der Waals surface area contributed by atoms with Gasteiger partial charge in [-0.05, 0) is 32.0 Å². The van der Waals surface area contributed by atoms with Gasteiger partial charge in [-0.25, -0.2) is 14.0 Å². The van der Waals surface area contributed by atoms with Gasteiger partial charge in [0.05, 0.1) is 17.4 Å². The summed E-state index contributed by atoms with van der Waals surface area (Å²) >= 11 is 6.57. The third-order valence-corrected chi connectivity index (χ3v) is 4.37. The number of halogens is 2. The van der Waals surface area contributed by atoms with Crippen molar-refractivity contribution in [1.82, 2.24) is 9.97 Å². The molecule has 2 N–H and O–H groups in total. The van der Waals surface area contributed by atoms with Crippen LogP contribution < -0.4 is 11.0 Å². The number of carbonyl (C=O) groups excluding carboxylic acids is 2. The van der Waals surface area contributed by atoms with Crippen molar-refractivity contribution in [3.05, 3.63) is 50.8 Å². The number of aromatic amines is 1. The van der Waals surface area contributed by atoms with Crippen LogP contribution in [0.5, 0.6) is 0 Å². The minimum Gasteiger partial charge on any atom is -0.462 e. The van der Waals surface area contributed by atoms with Crippen molar-refractivity contribution in [2.24, 2.45) is 0 Å². The molecule has 26 heavy (non-hydrogen) atoms. The van der Waals surface area contributed by atoms with Crippen LogP contribution in [0.1, 0.15) is 23.0 Å². The molecule has 2 aromatic rings. The van der Waals surface area contributed by atoms with Crippen molar-refractivity contribution in [2.75, 3.05) is 17.7 Å². The summed E-state index contributed by atoms with van der Waals surface area (Å²) in [5.41, 5.74) is 0.0946. The number of anilines is 1. The second-order valence-corrected chi connectivity index (χ2v) is 6.40. The summed E-state index contributed by atoms with van der Waals surface area (Å²) in [6, 6.07) is 3.77. The largest absolute Gasteiger partial charge is 0.462 e. The van der Waals surface area contributed by atoms with Gasteiger partial charge in [0.1, 0.15) is 16.4 Å². The molecule has 1 amide bonds. The van der Waals surface area contributed by atoms with Crippen molar-refractivity contribution in [3.8, 4) is 0 Å². The Morgan fingerprint density at radius 3 is 2.81 bits per heavy atom. The molecule has 0 aliphatic carbocycles. The molecule has 0 aliphatic rings. The fourth-order valence-corrected chi connectivity index (χ4v) is 3.06.